The average molecular weight is 384 g/mol. The van der Waals surface area contributed by atoms with Gasteiger partial charge in [-0.2, -0.15) is 0 Å². The minimum Gasteiger partial charge on any atom is -0.441 e. The summed E-state index contributed by atoms with van der Waals surface area (Å²) >= 11 is 12.1. The van der Waals surface area contributed by atoms with Gasteiger partial charge in [0, 0.05) is 30.0 Å². The van der Waals surface area contributed by atoms with Gasteiger partial charge in [0.1, 0.15) is 0 Å². The summed E-state index contributed by atoms with van der Waals surface area (Å²) in [7, 11) is 0. The molecule has 0 aliphatic heterocycles. The van der Waals surface area contributed by atoms with Gasteiger partial charge in [-0.1, -0.05) is 37.0 Å². The Kier molecular flexibility index (Phi) is 6.87. The van der Waals surface area contributed by atoms with Gasteiger partial charge in [-0.3, -0.25) is 4.79 Å². The number of benzene rings is 1. The van der Waals surface area contributed by atoms with E-state index in [1.54, 1.807) is 24.4 Å². The van der Waals surface area contributed by atoms with Crippen molar-refractivity contribution in [1.29, 1.82) is 0 Å². The Morgan fingerprint density at radius 2 is 2.04 bits per heavy atom. The Hall–Kier alpha value is -1.56. The zero-order chi connectivity index (χ0) is 18.4. The number of oxazole rings is 1. The topological polar surface area (TPSA) is 81.1 Å². The lowest BCUT2D eigenvalue weighted by Crippen LogP contribution is -2.52. The lowest BCUT2D eigenvalue weighted by atomic mass is 9.92. The van der Waals surface area contributed by atoms with E-state index in [0.717, 1.165) is 12.8 Å². The van der Waals surface area contributed by atoms with E-state index in [9.17, 15) is 4.79 Å². The van der Waals surface area contributed by atoms with Crippen molar-refractivity contribution >= 4 is 29.1 Å². The van der Waals surface area contributed by atoms with Gasteiger partial charge in [-0.05, 0) is 31.0 Å². The number of halogens is 2. The van der Waals surface area contributed by atoms with Crippen LogP contribution in [0.15, 0.2) is 28.8 Å². The van der Waals surface area contributed by atoms with Crippen LogP contribution in [0.1, 0.15) is 39.0 Å². The predicted octanol–water partition coefficient (Wildman–Crippen LogP) is 4.21. The van der Waals surface area contributed by atoms with Crippen LogP contribution in [0.4, 0.5) is 0 Å². The highest BCUT2D eigenvalue weighted by Gasteiger charge is 2.26. The molecule has 0 saturated heterocycles. The van der Waals surface area contributed by atoms with Gasteiger partial charge in [-0.25, -0.2) is 4.98 Å². The molecular formula is C18H23Cl2N3O2. The lowest BCUT2D eigenvalue weighted by molar-refractivity contribution is -0.123. The van der Waals surface area contributed by atoms with Gasteiger partial charge >= 0.3 is 0 Å². The third-order valence-electron chi connectivity index (χ3n) is 4.46. The fourth-order valence-electron chi connectivity index (χ4n) is 2.58. The van der Waals surface area contributed by atoms with Crippen LogP contribution in [-0.4, -0.2) is 23.0 Å². The summed E-state index contributed by atoms with van der Waals surface area (Å²) in [6, 6.07) is 5.16. The molecule has 0 bridgehead atoms. The highest BCUT2D eigenvalue weighted by molar-refractivity contribution is 6.36. The predicted molar refractivity (Wildman–Crippen MR) is 101 cm³/mol. The average Bonchev–Trinajstić information content (AvgIpc) is 3.07. The van der Waals surface area contributed by atoms with E-state index < -0.39 is 0 Å². The number of nitrogens with one attached hydrogen (secondary N) is 1. The molecule has 0 atom stereocenters. The van der Waals surface area contributed by atoms with Crippen molar-refractivity contribution in [2.45, 2.75) is 45.1 Å². The molecule has 3 N–H and O–H groups in total. The van der Waals surface area contributed by atoms with E-state index in [-0.39, 0.29) is 17.9 Å². The van der Waals surface area contributed by atoms with Crippen LogP contribution in [0.3, 0.4) is 0 Å². The van der Waals surface area contributed by atoms with Crippen LogP contribution >= 0.6 is 23.2 Å². The van der Waals surface area contributed by atoms with Crippen molar-refractivity contribution in [3.63, 3.8) is 0 Å². The Labute approximate surface area is 157 Å². The summed E-state index contributed by atoms with van der Waals surface area (Å²) in [5.41, 5.74) is 6.19. The van der Waals surface area contributed by atoms with Crippen molar-refractivity contribution in [2.75, 3.05) is 6.54 Å². The van der Waals surface area contributed by atoms with Crippen molar-refractivity contribution < 1.29 is 9.21 Å². The second kappa shape index (κ2) is 8.70. The molecule has 2 rings (SSSR count). The van der Waals surface area contributed by atoms with Gasteiger partial charge in [0.2, 0.25) is 5.91 Å². The molecule has 1 amide bonds. The Bertz CT molecular complexity index is 719. The summed E-state index contributed by atoms with van der Waals surface area (Å²) in [6.07, 6.45) is 3.89. The molecule has 1 aromatic carbocycles. The minimum absolute atomic E-state index is 0.0570. The SMILES string of the molecule is CCC(CC)(CN)NC(=O)CCc1ncc(-c2ccc(Cl)cc2Cl)o1. The van der Waals surface area contributed by atoms with Gasteiger partial charge in [-0.15, -0.1) is 0 Å². The maximum absolute atomic E-state index is 12.2. The molecular weight excluding hydrogens is 361 g/mol. The number of aromatic nitrogens is 1. The number of hydrogen-bond acceptors (Lipinski definition) is 4. The molecule has 0 aliphatic rings. The molecule has 1 heterocycles. The van der Waals surface area contributed by atoms with Crippen LogP contribution in [0.5, 0.6) is 0 Å². The Morgan fingerprint density at radius 3 is 2.64 bits per heavy atom. The van der Waals surface area contributed by atoms with Crippen LogP contribution in [0.25, 0.3) is 11.3 Å². The van der Waals surface area contributed by atoms with Crippen LogP contribution in [0.2, 0.25) is 10.0 Å². The highest BCUT2D eigenvalue weighted by Crippen LogP contribution is 2.30. The van der Waals surface area contributed by atoms with Gasteiger partial charge < -0.3 is 15.5 Å². The number of nitrogens with zero attached hydrogens (tertiary/aromatic N) is 1. The minimum atomic E-state index is -0.338. The molecule has 25 heavy (non-hydrogen) atoms. The third-order valence-corrected chi connectivity index (χ3v) is 5.01. The monoisotopic (exact) mass is 383 g/mol. The van der Waals surface area contributed by atoms with Gasteiger partial charge in [0.05, 0.1) is 16.8 Å². The quantitative estimate of drug-likeness (QED) is 0.714. The number of amides is 1. The molecule has 0 aliphatic carbocycles. The van der Waals surface area contributed by atoms with E-state index >= 15 is 0 Å². The van der Waals surface area contributed by atoms with Crippen molar-refractivity contribution in [2.24, 2.45) is 5.73 Å². The molecule has 0 fully saturated rings. The van der Waals surface area contributed by atoms with Crippen LogP contribution in [0, 0.1) is 0 Å². The normalized spacial score (nSPS) is 11.6. The van der Waals surface area contributed by atoms with E-state index in [1.807, 2.05) is 13.8 Å². The first-order valence-corrected chi connectivity index (χ1v) is 9.10. The standard InChI is InChI=1S/C18H23Cl2N3O2/c1-3-18(4-2,11-21)23-16(24)7-8-17-22-10-15(25-17)13-6-5-12(19)9-14(13)20/h5-6,9-10H,3-4,7-8,11,21H2,1-2H3,(H,23,24). The van der Waals surface area contributed by atoms with Crippen LogP contribution in [-0.2, 0) is 11.2 Å². The molecule has 0 spiro atoms. The molecule has 5 nitrogen and oxygen atoms in total. The number of rotatable bonds is 8. The first kappa shape index (κ1) is 19.8. The van der Waals surface area contributed by atoms with E-state index in [0.29, 0.717) is 40.2 Å². The summed E-state index contributed by atoms with van der Waals surface area (Å²) in [5, 5.41) is 4.08. The Morgan fingerprint density at radius 1 is 1.32 bits per heavy atom. The second-order valence-electron chi connectivity index (χ2n) is 5.98. The molecule has 0 radical (unpaired) electrons. The van der Waals surface area contributed by atoms with E-state index in [4.69, 9.17) is 33.4 Å². The van der Waals surface area contributed by atoms with E-state index in [1.165, 1.54) is 0 Å². The smallest absolute Gasteiger partial charge is 0.220 e. The van der Waals surface area contributed by atoms with E-state index in [2.05, 4.69) is 10.3 Å². The number of hydrogen-bond donors (Lipinski definition) is 2. The maximum atomic E-state index is 12.2. The number of aryl methyl sites for hydroxylation is 1. The molecule has 0 saturated carbocycles. The van der Waals surface area contributed by atoms with Crippen molar-refractivity contribution in [3.8, 4) is 11.3 Å². The third kappa shape index (κ3) is 4.97. The molecule has 2 aromatic rings. The summed E-state index contributed by atoms with van der Waals surface area (Å²) < 4.78 is 5.71. The highest BCUT2D eigenvalue weighted by atomic mass is 35.5. The summed E-state index contributed by atoms with van der Waals surface area (Å²) in [4.78, 5) is 16.4. The van der Waals surface area contributed by atoms with Crippen molar-refractivity contribution in [3.05, 3.63) is 40.3 Å². The zero-order valence-electron chi connectivity index (χ0n) is 14.4. The first-order chi connectivity index (χ1) is 11.9. The fraction of sp³-hybridized carbons (Fsp3) is 0.444. The molecule has 1 aromatic heterocycles. The van der Waals surface area contributed by atoms with Gasteiger partial charge in [0.15, 0.2) is 11.7 Å². The number of nitrogens with two attached hydrogens (primary N) is 1. The summed E-state index contributed by atoms with van der Waals surface area (Å²) in [6.45, 7) is 4.46. The maximum Gasteiger partial charge on any atom is 0.220 e. The molecule has 136 valence electrons. The second-order valence-corrected chi connectivity index (χ2v) is 6.83. The molecule has 0 unspecified atom stereocenters. The zero-order valence-corrected chi connectivity index (χ0v) is 16.0. The van der Waals surface area contributed by atoms with Crippen LogP contribution < -0.4 is 11.1 Å². The fourth-order valence-corrected chi connectivity index (χ4v) is 3.09. The molecule has 7 heteroatoms. The summed E-state index contributed by atoms with van der Waals surface area (Å²) in [5.74, 6) is 0.983. The van der Waals surface area contributed by atoms with Gasteiger partial charge in [0.25, 0.3) is 0 Å². The first-order valence-electron chi connectivity index (χ1n) is 8.34. The largest absolute Gasteiger partial charge is 0.441 e. The number of carbonyl (C=O) groups is 1. The number of carbonyl (C=O) groups excluding carboxylic acids is 1. The van der Waals surface area contributed by atoms with Crippen molar-refractivity contribution in [1.82, 2.24) is 10.3 Å². The Balaban J connectivity index is 1.98. The lowest BCUT2D eigenvalue weighted by Gasteiger charge is -2.31.